The molecule has 100 valence electrons. The van der Waals surface area contributed by atoms with Crippen molar-refractivity contribution in [1.82, 2.24) is 4.72 Å². The summed E-state index contributed by atoms with van der Waals surface area (Å²) in [6, 6.07) is 7.44. The van der Waals surface area contributed by atoms with Crippen LogP contribution >= 0.6 is 23.1 Å². The first-order chi connectivity index (χ1) is 9.15. The highest BCUT2D eigenvalue weighted by Crippen LogP contribution is 2.28. The topological polar surface area (TPSA) is 70.0 Å². The van der Waals surface area contributed by atoms with Crippen molar-refractivity contribution < 1.29 is 8.42 Å². The third-order valence-corrected chi connectivity index (χ3v) is 5.75. The summed E-state index contributed by atoms with van der Waals surface area (Å²) in [5, 5.41) is 12.7. The van der Waals surface area contributed by atoms with Crippen LogP contribution in [0.15, 0.2) is 34.5 Å². The van der Waals surface area contributed by atoms with Crippen LogP contribution in [0.4, 0.5) is 0 Å². The molecule has 2 aromatic rings. The molecule has 0 bridgehead atoms. The third-order valence-electron chi connectivity index (χ3n) is 2.51. The average Bonchev–Trinajstić information content (AvgIpc) is 2.83. The summed E-state index contributed by atoms with van der Waals surface area (Å²) in [6.07, 6.45) is 0.638. The minimum atomic E-state index is -3.46. The molecule has 0 radical (unpaired) electrons. The predicted octanol–water partition coefficient (Wildman–Crippen LogP) is 2.78. The molecule has 0 atom stereocenters. The number of rotatable bonds is 6. The minimum Gasteiger partial charge on any atom is -0.211 e. The van der Waals surface area contributed by atoms with E-state index < -0.39 is 10.0 Å². The summed E-state index contributed by atoms with van der Waals surface area (Å²) in [4.78, 5) is 0.334. The van der Waals surface area contributed by atoms with Gasteiger partial charge in [0.1, 0.15) is 10.3 Å². The Morgan fingerprint density at radius 2 is 2.16 bits per heavy atom. The average molecular weight is 312 g/mol. The van der Waals surface area contributed by atoms with E-state index in [9.17, 15) is 8.42 Å². The molecule has 0 aliphatic carbocycles. The Kier molecular flexibility index (Phi) is 4.82. The summed E-state index contributed by atoms with van der Waals surface area (Å²) in [6.45, 7) is 0.348. The van der Waals surface area contributed by atoms with E-state index >= 15 is 0 Å². The van der Waals surface area contributed by atoms with Crippen molar-refractivity contribution in [2.24, 2.45) is 0 Å². The highest BCUT2D eigenvalue weighted by Gasteiger charge is 2.17. The highest BCUT2D eigenvalue weighted by molar-refractivity contribution is 8.03. The molecule has 1 aromatic carbocycles. The maximum atomic E-state index is 12.2. The molecule has 1 aromatic heterocycles. The number of nitrogens with one attached hydrogen (secondary N) is 1. The van der Waals surface area contributed by atoms with Crippen molar-refractivity contribution in [3.63, 3.8) is 0 Å². The van der Waals surface area contributed by atoms with E-state index in [2.05, 4.69) is 4.72 Å². The summed E-state index contributed by atoms with van der Waals surface area (Å²) in [5.74, 6) is 0.628. The van der Waals surface area contributed by atoms with Gasteiger partial charge in [0.2, 0.25) is 10.0 Å². The first-order valence-electron chi connectivity index (χ1n) is 5.62. The SMILES string of the molecule is N#CSCCCNS(=O)(=O)c1csc2ccccc12. The molecule has 0 amide bonds. The zero-order valence-corrected chi connectivity index (χ0v) is 12.4. The van der Waals surface area contributed by atoms with Crippen molar-refractivity contribution >= 4 is 43.2 Å². The Morgan fingerprint density at radius 1 is 1.37 bits per heavy atom. The van der Waals surface area contributed by atoms with Gasteiger partial charge in [-0.1, -0.05) is 18.2 Å². The minimum absolute atomic E-state index is 0.334. The molecule has 7 heteroatoms. The van der Waals surface area contributed by atoms with Gasteiger partial charge < -0.3 is 0 Å². The van der Waals surface area contributed by atoms with Crippen LogP contribution in [0.25, 0.3) is 10.1 Å². The monoisotopic (exact) mass is 312 g/mol. The molecule has 2 rings (SSSR count). The van der Waals surface area contributed by atoms with E-state index in [1.54, 1.807) is 5.38 Å². The van der Waals surface area contributed by atoms with E-state index in [-0.39, 0.29) is 0 Å². The number of nitriles is 1. The van der Waals surface area contributed by atoms with E-state index in [0.717, 1.165) is 21.8 Å². The second-order valence-electron chi connectivity index (χ2n) is 3.79. The van der Waals surface area contributed by atoms with Crippen LogP contribution in [-0.2, 0) is 10.0 Å². The number of sulfonamides is 1. The fourth-order valence-corrected chi connectivity index (χ4v) is 4.59. The van der Waals surface area contributed by atoms with Gasteiger partial charge in [-0.2, -0.15) is 5.26 Å². The number of thiophene rings is 1. The lowest BCUT2D eigenvalue weighted by molar-refractivity contribution is 0.582. The van der Waals surface area contributed by atoms with Gasteiger partial charge in [-0.15, -0.1) is 11.3 Å². The molecule has 0 spiro atoms. The van der Waals surface area contributed by atoms with Crippen molar-refractivity contribution in [1.29, 1.82) is 5.26 Å². The molecular weight excluding hydrogens is 300 g/mol. The van der Waals surface area contributed by atoms with Gasteiger partial charge in [0, 0.05) is 27.8 Å². The maximum Gasteiger partial charge on any atom is 0.242 e. The summed E-state index contributed by atoms with van der Waals surface area (Å²) in [7, 11) is -3.46. The van der Waals surface area contributed by atoms with Gasteiger partial charge in [-0.3, -0.25) is 0 Å². The van der Waals surface area contributed by atoms with Crippen LogP contribution in [0.2, 0.25) is 0 Å². The highest BCUT2D eigenvalue weighted by atomic mass is 32.2. The smallest absolute Gasteiger partial charge is 0.211 e. The number of benzene rings is 1. The number of hydrogen-bond acceptors (Lipinski definition) is 5. The van der Waals surface area contributed by atoms with Crippen LogP contribution < -0.4 is 4.72 Å². The lowest BCUT2D eigenvalue weighted by atomic mass is 10.3. The molecule has 4 nitrogen and oxygen atoms in total. The fraction of sp³-hybridized carbons (Fsp3) is 0.250. The van der Waals surface area contributed by atoms with Gasteiger partial charge >= 0.3 is 0 Å². The maximum absolute atomic E-state index is 12.2. The summed E-state index contributed by atoms with van der Waals surface area (Å²) < 4.78 is 27.9. The number of thioether (sulfide) groups is 1. The molecule has 0 saturated carbocycles. The standard InChI is InChI=1S/C12H12N2O2S3/c13-9-17-7-3-6-14-19(15,16)12-8-18-11-5-2-1-4-10(11)12/h1-2,4-5,8,14H,3,6-7H2. The predicted molar refractivity (Wildman–Crippen MR) is 79.7 cm³/mol. The van der Waals surface area contributed by atoms with Gasteiger partial charge in [-0.25, -0.2) is 13.1 Å². The lowest BCUT2D eigenvalue weighted by Gasteiger charge is -2.04. The Bertz CT molecular complexity index is 701. The molecule has 0 aliphatic heterocycles. The molecule has 0 saturated heterocycles. The number of fused-ring (bicyclic) bond motifs is 1. The molecule has 1 heterocycles. The second-order valence-corrected chi connectivity index (χ2v) is 7.31. The quantitative estimate of drug-likeness (QED) is 0.658. The summed E-state index contributed by atoms with van der Waals surface area (Å²) >= 11 is 2.55. The summed E-state index contributed by atoms with van der Waals surface area (Å²) in [5.41, 5.74) is 0. The number of hydrogen-bond donors (Lipinski definition) is 1. The Morgan fingerprint density at radius 3 is 2.95 bits per heavy atom. The Hall–Kier alpha value is -1.07. The van der Waals surface area contributed by atoms with E-state index in [4.69, 9.17) is 5.26 Å². The van der Waals surface area contributed by atoms with Crippen LogP contribution in [-0.4, -0.2) is 20.7 Å². The largest absolute Gasteiger partial charge is 0.242 e. The van der Waals surface area contributed by atoms with Gasteiger partial charge in [-0.05, 0) is 24.2 Å². The Labute approximate surface area is 120 Å². The molecule has 0 unspecified atom stereocenters. The van der Waals surface area contributed by atoms with E-state index in [0.29, 0.717) is 23.6 Å². The van der Waals surface area contributed by atoms with Crippen molar-refractivity contribution in [3.8, 4) is 5.40 Å². The van der Waals surface area contributed by atoms with Crippen molar-refractivity contribution in [3.05, 3.63) is 29.6 Å². The molecule has 19 heavy (non-hydrogen) atoms. The van der Waals surface area contributed by atoms with Crippen molar-refractivity contribution in [2.45, 2.75) is 11.3 Å². The lowest BCUT2D eigenvalue weighted by Crippen LogP contribution is -2.24. The van der Waals surface area contributed by atoms with Crippen molar-refractivity contribution in [2.75, 3.05) is 12.3 Å². The molecule has 1 N–H and O–H groups in total. The van der Waals surface area contributed by atoms with Gasteiger partial charge in [0.05, 0.1) is 0 Å². The normalized spacial score (nSPS) is 11.5. The van der Waals surface area contributed by atoms with Crippen LogP contribution in [0.3, 0.4) is 0 Å². The van der Waals surface area contributed by atoms with Crippen LogP contribution in [0, 0.1) is 10.7 Å². The first-order valence-corrected chi connectivity index (χ1v) is 8.97. The zero-order valence-electron chi connectivity index (χ0n) is 10.00. The molecule has 0 fully saturated rings. The fourth-order valence-electron chi connectivity index (χ4n) is 1.64. The molecular formula is C12H12N2O2S3. The Balaban J connectivity index is 2.10. The van der Waals surface area contributed by atoms with Crippen LogP contribution in [0.1, 0.15) is 6.42 Å². The third kappa shape index (κ3) is 3.48. The second kappa shape index (κ2) is 6.39. The van der Waals surface area contributed by atoms with Crippen LogP contribution in [0.5, 0.6) is 0 Å². The first kappa shape index (κ1) is 14.3. The van der Waals surface area contributed by atoms with E-state index in [1.165, 1.54) is 11.3 Å². The zero-order chi connectivity index (χ0) is 13.7. The number of nitrogens with zero attached hydrogens (tertiary/aromatic N) is 1. The van der Waals surface area contributed by atoms with Gasteiger partial charge in [0.25, 0.3) is 0 Å². The molecule has 0 aliphatic rings. The van der Waals surface area contributed by atoms with Gasteiger partial charge in [0.15, 0.2) is 0 Å². The number of thiocyanates is 1. The van der Waals surface area contributed by atoms with E-state index in [1.807, 2.05) is 29.7 Å².